The van der Waals surface area contributed by atoms with Crippen LogP contribution < -0.4 is 5.32 Å². The molecular formula is C9H14ClN3S. The minimum Gasteiger partial charge on any atom is -0.366 e. The monoisotopic (exact) mass is 231 g/mol. The second-order valence-electron chi connectivity index (χ2n) is 2.85. The van der Waals surface area contributed by atoms with E-state index in [0.29, 0.717) is 5.88 Å². The summed E-state index contributed by atoms with van der Waals surface area (Å²) in [5, 5.41) is 4.22. The van der Waals surface area contributed by atoms with E-state index in [-0.39, 0.29) is 6.04 Å². The highest BCUT2D eigenvalue weighted by Gasteiger charge is 2.05. The maximum atomic E-state index is 5.78. The Morgan fingerprint density at radius 1 is 1.57 bits per heavy atom. The first-order valence-electron chi connectivity index (χ1n) is 4.48. The number of thioether (sulfide) groups is 1. The number of anilines is 1. The predicted octanol–water partition coefficient (Wildman–Crippen LogP) is 2.63. The van der Waals surface area contributed by atoms with E-state index >= 15 is 0 Å². The molecule has 1 aromatic rings. The van der Waals surface area contributed by atoms with Crippen molar-refractivity contribution in [2.45, 2.75) is 24.4 Å². The largest absolute Gasteiger partial charge is 0.366 e. The number of aromatic nitrogens is 2. The van der Waals surface area contributed by atoms with Crippen LogP contribution in [-0.4, -0.2) is 28.1 Å². The Morgan fingerprint density at radius 3 is 2.93 bits per heavy atom. The van der Waals surface area contributed by atoms with Gasteiger partial charge in [0, 0.05) is 18.0 Å². The summed E-state index contributed by atoms with van der Waals surface area (Å²) in [7, 11) is 0. The standard InChI is InChI=1S/C9H14ClN3S/c1-3-7(5-10)13-8-4-9(14-2)12-6-11-8/h4,6-7H,3,5H2,1-2H3,(H,11,12,13). The van der Waals surface area contributed by atoms with Gasteiger partial charge >= 0.3 is 0 Å². The zero-order valence-electron chi connectivity index (χ0n) is 8.33. The molecule has 0 bridgehead atoms. The SMILES string of the molecule is CCC(CCl)Nc1cc(SC)ncn1. The third-order valence-electron chi connectivity index (χ3n) is 1.88. The Morgan fingerprint density at radius 2 is 2.36 bits per heavy atom. The van der Waals surface area contributed by atoms with Gasteiger partial charge in [0.15, 0.2) is 0 Å². The van der Waals surface area contributed by atoms with Crippen LogP contribution >= 0.6 is 23.4 Å². The summed E-state index contributed by atoms with van der Waals surface area (Å²) in [5.74, 6) is 1.44. The summed E-state index contributed by atoms with van der Waals surface area (Å²) >= 11 is 7.38. The first-order valence-corrected chi connectivity index (χ1v) is 6.24. The molecule has 0 aliphatic carbocycles. The Hall–Kier alpha value is -0.480. The lowest BCUT2D eigenvalue weighted by atomic mass is 10.2. The van der Waals surface area contributed by atoms with Gasteiger partial charge in [-0.05, 0) is 12.7 Å². The smallest absolute Gasteiger partial charge is 0.130 e. The molecule has 0 saturated heterocycles. The molecule has 1 N–H and O–H groups in total. The van der Waals surface area contributed by atoms with Crippen LogP contribution in [0.4, 0.5) is 5.82 Å². The van der Waals surface area contributed by atoms with E-state index in [0.717, 1.165) is 17.3 Å². The number of halogens is 1. The van der Waals surface area contributed by atoms with E-state index in [1.54, 1.807) is 18.1 Å². The van der Waals surface area contributed by atoms with Crippen LogP contribution in [0.3, 0.4) is 0 Å². The van der Waals surface area contributed by atoms with Crippen molar-refractivity contribution < 1.29 is 0 Å². The summed E-state index contributed by atoms with van der Waals surface area (Å²) < 4.78 is 0. The van der Waals surface area contributed by atoms with E-state index in [4.69, 9.17) is 11.6 Å². The molecule has 14 heavy (non-hydrogen) atoms. The van der Waals surface area contributed by atoms with Crippen LogP contribution in [0.25, 0.3) is 0 Å². The van der Waals surface area contributed by atoms with Crippen molar-refractivity contribution in [3.63, 3.8) is 0 Å². The van der Waals surface area contributed by atoms with Gasteiger partial charge < -0.3 is 5.32 Å². The van der Waals surface area contributed by atoms with Gasteiger partial charge in [-0.15, -0.1) is 23.4 Å². The minimum atomic E-state index is 0.279. The normalized spacial score (nSPS) is 12.5. The van der Waals surface area contributed by atoms with Crippen LogP contribution in [0, 0.1) is 0 Å². The van der Waals surface area contributed by atoms with Gasteiger partial charge in [0.05, 0.1) is 0 Å². The van der Waals surface area contributed by atoms with Crippen molar-refractivity contribution in [1.82, 2.24) is 9.97 Å². The molecule has 0 fully saturated rings. The molecule has 0 aliphatic heterocycles. The number of rotatable bonds is 5. The molecule has 0 spiro atoms. The topological polar surface area (TPSA) is 37.8 Å². The van der Waals surface area contributed by atoms with Crippen molar-refractivity contribution in [2.75, 3.05) is 17.5 Å². The van der Waals surface area contributed by atoms with Crippen molar-refractivity contribution in [2.24, 2.45) is 0 Å². The van der Waals surface area contributed by atoms with Crippen molar-refractivity contribution >= 4 is 29.2 Å². The maximum Gasteiger partial charge on any atom is 0.130 e. The molecule has 1 aromatic heterocycles. The molecule has 0 radical (unpaired) electrons. The van der Waals surface area contributed by atoms with E-state index < -0.39 is 0 Å². The van der Waals surface area contributed by atoms with Crippen LogP contribution in [0.15, 0.2) is 17.4 Å². The van der Waals surface area contributed by atoms with E-state index in [1.165, 1.54) is 0 Å². The lowest BCUT2D eigenvalue weighted by Crippen LogP contribution is -2.20. The molecular weight excluding hydrogens is 218 g/mol. The lowest BCUT2D eigenvalue weighted by molar-refractivity contribution is 0.763. The fraction of sp³-hybridized carbons (Fsp3) is 0.556. The van der Waals surface area contributed by atoms with Crippen LogP contribution in [0.5, 0.6) is 0 Å². The molecule has 1 heterocycles. The predicted molar refractivity (Wildman–Crippen MR) is 62.2 cm³/mol. The Bertz CT molecular complexity index is 279. The maximum absolute atomic E-state index is 5.78. The zero-order valence-corrected chi connectivity index (χ0v) is 9.90. The highest BCUT2D eigenvalue weighted by atomic mass is 35.5. The molecule has 0 saturated carbocycles. The molecule has 0 aromatic carbocycles. The molecule has 1 rings (SSSR count). The number of alkyl halides is 1. The summed E-state index contributed by atoms with van der Waals surface area (Å²) in [6.45, 7) is 2.09. The quantitative estimate of drug-likeness (QED) is 0.480. The van der Waals surface area contributed by atoms with E-state index in [2.05, 4.69) is 22.2 Å². The lowest BCUT2D eigenvalue weighted by Gasteiger charge is -2.14. The van der Waals surface area contributed by atoms with Gasteiger partial charge in [0.1, 0.15) is 17.2 Å². The van der Waals surface area contributed by atoms with Gasteiger partial charge in [0.25, 0.3) is 0 Å². The zero-order chi connectivity index (χ0) is 10.4. The highest BCUT2D eigenvalue weighted by Crippen LogP contribution is 2.15. The average molecular weight is 232 g/mol. The van der Waals surface area contributed by atoms with Gasteiger partial charge in [0.2, 0.25) is 0 Å². The van der Waals surface area contributed by atoms with Crippen LogP contribution in [0.1, 0.15) is 13.3 Å². The molecule has 78 valence electrons. The summed E-state index contributed by atoms with van der Waals surface area (Å²) in [5.41, 5.74) is 0. The Kier molecular flexibility index (Phi) is 5.04. The number of hydrogen-bond acceptors (Lipinski definition) is 4. The van der Waals surface area contributed by atoms with Crippen LogP contribution in [-0.2, 0) is 0 Å². The second kappa shape index (κ2) is 6.09. The van der Waals surface area contributed by atoms with Gasteiger partial charge in [-0.3, -0.25) is 0 Å². The molecule has 3 nitrogen and oxygen atoms in total. The van der Waals surface area contributed by atoms with Gasteiger partial charge in [-0.2, -0.15) is 0 Å². The second-order valence-corrected chi connectivity index (χ2v) is 3.98. The summed E-state index contributed by atoms with van der Waals surface area (Å²) in [6, 6.07) is 2.21. The van der Waals surface area contributed by atoms with Crippen molar-refractivity contribution in [3.05, 3.63) is 12.4 Å². The Balaban J connectivity index is 2.65. The van der Waals surface area contributed by atoms with E-state index in [1.807, 2.05) is 12.3 Å². The Labute approximate surface area is 93.7 Å². The van der Waals surface area contributed by atoms with E-state index in [9.17, 15) is 0 Å². The van der Waals surface area contributed by atoms with Crippen LogP contribution in [0.2, 0.25) is 0 Å². The minimum absolute atomic E-state index is 0.279. The first kappa shape index (κ1) is 11.6. The van der Waals surface area contributed by atoms with Gasteiger partial charge in [-0.25, -0.2) is 9.97 Å². The molecule has 1 atom stereocenters. The first-order chi connectivity index (χ1) is 6.80. The highest BCUT2D eigenvalue weighted by molar-refractivity contribution is 7.98. The number of nitrogens with zero attached hydrogens (tertiary/aromatic N) is 2. The summed E-state index contributed by atoms with van der Waals surface area (Å²) in [6.07, 6.45) is 4.54. The molecule has 5 heteroatoms. The third kappa shape index (κ3) is 3.35. The van der Waals surface area contributed by atoms with Crippen molar-refractivity contribution in [1.29, 1.82) is 0 Å². The average Bonchev–Trinajstić information content (AvgIpc) is 2.26. The number of nitrogens with one attached hydrogen (secondary N) is 1. The molecule has 1 unspecified atom stereocenters. The third-order valence-corrected chi connectivity index (χ3v) is 2.90. The van der Waals surface area contributed by atoms with Crippen molar-refractivity contribution in [3.8, 4) is 0 Å². The fourth-order valence-electron chi connectivity index (χ4n) is 0.989. The van der Waals surface area contributed by atoms with Gasteiger partial charge in [-0.1, -0.05) is 6.92 Å². The summed E-state index contributed by atoms with van der Waals surface area (Å²) in [4.78, 5) is 8.22. The molecule has 0 amide bonds. The number of hydrogen-bond donors (Lipinski definition) is 1. The fourth-order valence-corrected chi connectivity index (χ4v) is 1.67. The molecule has 0 aliphatic rings.